The summed E-state index contributed by atoms with van der Waals surface area (Å²) < 4.78 is 34.4. The van der Waals surface area contributed by atoms with Crippen molar-refractivity contribution in [1.82, 2.24) is 15.1 Å². The van der Waals surface area contributed by atoms with E-state index in [2.05, 4.69) is 5.32 Å². The van der Waals surface area contributed by atoms with Crippen molar-refractivity contribution in [1.29, 1.82) is 0 Å². The monoisotopic (exact) mass is 417 g/mol. The van der Waals surface area contributed by atoms with Crippen LogP contribution in [0.5, 0.6) is 0 Å². The molecular weight excluding hydrogens is 392 g/mol. The van der Waals surface area contributed by atoms with Gasteiger partial charge in [0.15, 0.2) is 0 Å². The molecule has 6 nitrogen and oxygen atoms in total. The quantitative estimate of drug-likeness (QED) is 0.818. The van der Waals surface area contributed by atoms with Crippen LogP contribution in [-0.2, 0) is 16.1 Å². The molecule has 0 bridgehead atoms. The predicted octanol–water partition coefficient (Wildman–Crippen LogP) is 2.98. The number of benzene rings is 1. The van der Waals surface area contributed by atoms with E-state index < -0.39 is 41.7 Å². The fourth-order valence-corrected chi connectivity index (χ4v) is 3.21. The van der Waals surface area contributed by atoms with E-state index in [0.717, 1.165) is 4.90 Å². The number of carbonyl (C=O) groups is 2. The van der Waals surface area contributed by atoms with Crippen LogP contribution in [0, 0.1) is 5.82 Å². The van der Waals surface area contributed by atoms with Gasteiger partial charge in [0.25, 0.3) is 0 Å². The van der Waals surface area contributed by atoms with Crippen LogP contribution in [0.15, 0.2) is 18.2 Å². The second-order valence-corrected chi connectivity index (χ2v) is 8.39. The van der Waals surface area contributed by atoms with Crippen molar-refractivity contribution < 1.29 is 23.1 Å². The second kappa shape index (κ2) is 8.61. The van der Waals surface area contributed by atoms with Crippen molar-refractivity contribution in [2.24, 2.45) is 0 Å². The molecule has 1 saturated heterocycles. The number of carbonyl (C=O) groups excluding carboxylic acids is 2. The molecule has 0 unspecified atom stereocenters. The number of likely N-dealkylation sites (N-methyl/N-ethyl adjacent to an activating group) is 1. The summed E-state index contributed by atoms with van der Waals surface area (Å²) in [7, 11) is 3.35. The molecule has 0 aliphatic carbocycles. The van der Waals surface area contributed by atoms with Crippen molar-refractivity contribution in [3.63, 3.8) is 0 Å². The average molecular weight is 418 g/mol. The number of ether oxygens (including phenoxy) is 1. The summed E-state index contributed by atoms with van der Waals surface area (Å²) in [4.78, 5) is 27.9. The SMILES string of the molecule is CN(C)[C@@H]1CN(C(=O)OC(C)(C)C)[C@H](C(=O)NCc2cccc(Cl)c2F)[C@H]1F. The van der Waals surface area contributed by atoms with E-state index in [9.17, 15) is 14.0 Å². The lowest BCUT2D eigenvalue weighted by atomic mass is 10.1. The zero-order chi connectivity index (χ0) is 21.2. The molecule has 9 heteroatoms. The Morgan fingerprint density at radius 3 is 2.57 bits per heavy atom. The van der Waals surface area contributed by atoms with Gasteiger partial charge in [0, 0.05) is 18.7 Å². The lowest BCUT2D eigenvalue weighted by molar-refractivity contribution is -0.127. The van der Waals surface area contributed by atoms with Crippen molar-refractivity contribution in [2.75, 3.05) is 20.6 Å². The third-order valence-electron chi connectivity index (χ3n) is 4.43. The fraction of sp³-hybridized carbons (Fsp3) is 0.579. The largest absolute Gasteiger partial charge is 0.444 e. The molecule has 3 atom stereocenters. The Morgan fingerprint density at radius 1 is 1.36 bits per heavy atom. The maximum absolute atomic E-state index is 15.0. The minimum Gasteiger partial charge on any atom is -0.444 e. The average Bonchev–Trinajstić information content (AvgIpc) is 2.92. The van der Waals surface area contributed by atoms with Gasteiger partial charge in [-0.3, -0.25) is 9.69 Å². The maximum Gasteiger partial charge on any atom is 0.411 e. The summed E-state index contributed by atoms with van der Waals surface area (Å²) in [5.41, 5.74) is -0.619. The first kappa shape index (κ1) is 22.4. The van der Waals surface area contributed by atoms with Gasteiger partial charge in [-0.25, -0.2) is 13.6 Å². The lowest BCUT2D eigenvalue weighted by Gasteiger charge is -2.28. The van der Waals surface area contributed by atoms with Crippen LogP contribution in [0.2, 0.25) is 5.02 Å². The first-order valence-electron chi connectivity index (χ1n) is 8.93. The molecule has 1 aromatic carbocycles. The Hall–Kier alpha value is -1.93. The van der Waals surface area contributed by atoms with Crippen LogP contribution in [-0.4, -0.2) is 66.3 Å². The third kappa shape index (κ3) is 5.11. The highest BCUT2D eigenvalue weighted by molar-refractivity contribution is 6.30. The number of amides is 2. The van der Waals surface area contributed by atoms with Gasteiger partial charge in [-0.05, 0) is 40.9 Å². The molecule has 0 saturated carbocycles. The Kier molecular flexibility index (Phi) is 6.88. The molecule has 0 aromatic heterocycles. The molecule has 0 spiro atoms. The second-order valence-electron chi connectivity index (χ2n) is 7.98. The Labute approximate surface area is 168 Å². The molecular formula is C19H26ClF2N3O3. The van der Waals surface area contributed by atoms with E-state index in [4.69, 9.17) is 16.3 Å². The number of hydrogen-bond acceptors (Lipinski definition) is 4. The number of halogens is 3. The highest BCUT2D eigenvalue weighted by Gasteiger charge is 2.50. The lowest BCUT2D eigenvalue weighted by Crippen LogP contribution is -2.50. The molecule has 2 amide bonds. The van der Waals surface area contributed by atoms with Gasteiger partial charge in [-0.1, -0.05) is 23.7 Å². The molecule has 1 N–H and O–H groups in total. The van der Waals surface area contributed by atoms with Gasteiger partial charge in [-0.2, -0.15) is 0 Å². The van der Waals surface area contributed by atoms with Crippen molar-refractivity contribution in [3.05, 3.63) is 34.6 Å². The standard InChI is InChI=1S/C19H26ClF2N3O3/c1-19(2,3)28-18(27)25-10-13(24(4)5)15(22)16(25)17(26)23-9-11-7-6-8-12(20)14(11)21/h6-8,13,15-16H,9-10H2,1-5H3,(H,23,26)/t13-,15+,16+/m1/s1. The molecule has 156 valence electrons. The van der Waals surface area contributed by atoms with Crippen LogP contribution in [0.4, 0.5) is 13.6 Å². The van der Waals surface area contributed by atoms with E-state index in [0.29, 0.717) is 0 Å². The van der Waals surface area contributed by atoms with Gasteiger partial charge in [0.2, 0.25) is 5.91 Å². The number of nitrogens with one attached hydrogen (secondary N) is 1. The number of rotatable bonds is 4. The van der Waals surface area contributed by atoms with Crippen LogP contribution in [0.3, 0.4) is 0 Å². The van der Waals surface area contributed by atoms with Gasteiger partial charge in [-0.15, -0.1) is 0 Å². The van der Waals surface area contributed by atoms with E-state index >= 15 is 4.39 Å². The molecule has 1 aliphatic heterocycles. The van der Waals surface area contributed by atoms with Crippen LogP contribution >= 0.6 is 11.6 Å². The topological polar surface area (TPSA) is 61.9 Å². The van der Waals surface area contributed by atoms with E-state index in [-0.39, 0.29) is 23.7 Å². The summed E-state index contributed by atoms with van der Waals surface area (Å²) >= 11 is 5.74. The van der Waals surface area contributed by atoms with Crippen molar-refractivity contribution >= 4 is 23.6 Å². The van der Waals surface area contributed by atoms with E-state index in [1.54, 1.807) is 45.8 Å². The maximum atomic E-state index is 15.0. The Balaban J connectivity index is 2.18. The van der Waals surface area contributed by atoms with Gasteiger partial charge in [0.05, 0.1) is 11.1 Å². The number of nitrogens with zero attached hydrogens (tertiary/aromatic N) is 2. The van der Waals surface area contributed by atoms with Gasteiger partial charge >= 0.3 is 6.09 Å². The van der Waals surface area contributed by atoms with Crippen LogP contribution in [0.25, 0.3) is 0 Å². The summed E-state index contributed by atoms with van der Waals surface area (Å²) in [6, 6.07) is 2.38. The Morgan fingerprint density at radius 2 is 2.00 bits per heavy atom. The smallest absolute Gasteiger partial charge is 0.411 e. The predicted molar refractivity (Wildman–Crippen MR) is 102 cm³/mol. The third-order valence-corrected chi connectivity index (χ3v) is 4.73. The molecule has 2 rings (SSSR count). The van der Waals surface area contributed by atoms with Gasteiger partial charge < -0.3 is 15.0 Å². The minimum atomic E-state index is -1.62. The highest BCUT2D eigenvalue weighted by Crippen LogP contribution is 2.27. The normalized spacial score (nSPS) is 22.5. The number of hydrogen-bond donors (Lipinski definition) is 1. The van der Waals surface area contributed by atoms with Gasteiger partial charge in [0.1, 0.15) is 23.6 Å². The molecule has 1 aliphatic rings. The van der Waals surface area contributed by atoms with E-state index in [1.165, 1.54) is 12.1 Å². The van der Waals surface area contributed by atoms with Crippen LogP contribution in [0.1, 0.15) is 26.3 Å². The zero-order valence-corrected chi connectivity index (χ0v) is 17.4. The molecule has 1 aromatic rings. The molecule has 28 heavy (non-hydrogen) atoms. The highest BCUT2D eigenvalue weighted by atomic mass is 35.5. The molecule has 0 radical (unpaired) electrons. The summed E-state index contributed by atoms with van der Waals surface area (Å²) in [6.07, 6.45) is -2.39. The summed E-state index contributed by atoms with van der Waals surface area (Å²) in [6.45, 7) is 4.90. The van der Waals surface area contributed by atoms with Crippen LogP contribution < -0.4 is 5.32 Å². The van der Waals surface area contributed by atoms with Crippen molar-refractivity contribution in [3.8, 4) is 0 Å². The number of alkyl halides is 1. The minimum absolute atomic E-state index is 0.00664. The Bertz CT molecular complexity index is 740. The molecule has 1 fully saturated rings. The summed E-state index contributed by atoms with van der Waals surface area (Å²) in [5.74, 6) is -1.37. The zero-order valence-electron chi connectivity index (χ0n) is 16.6. The molecule has 1 heterocycles. The van der Waals surface area contributed by atoms with E-state index in [1.807, 2.05) is 0 Å². The first-order chi connectivity index (χ1) is 12.9. The first-order valence-corrected chi connectivity index (χ1v) is 9.31. The summed E-state index contributed by atoms with van der Waals surface area (Å²) in [5, 5.41) is 2.43. The number of likely N-dealkylation sites (tertiary alicyclic amines) is 1. The van der Waals surface area contributed by atoms with Crippen molar-refractivity contribution in [2.45, 2.75) is 51.2 Å². The fourth-order valence-electron chi connectivity index (χ4n) is 3.01.